The fraction of sp³-hybridized carbons (Fsp3) is 0.355. The highest BCUT2D eigenvalue weighted by atomic mass is 35.5. The number of hydrogen-bond donors (Lipinski definition) is 1. The molecule has 4 rings (SSSR count). The predicted molar refractivity (Wildman–Crippen MR) is 161 cm³/mol. The van der Waals surface area contributed by atoms with E-state index in [9.17, 15) is 18.0 Å². The van der Waals surface area contributed by atoms with Crippen LogP contribution in [-0.2, 0) is 26.2 Å². The van der Waals surface area contributed by atoms with E-state index in [4.69, 9.17) is 16.3 Å². The minimum Gasteiger partial charge on any atom is -0.497 e. The molecule has 0 spiro atoms. The van der Waals surface area contributed by atoms with E-state index in [0.717, 1.165) is 35.6 Å². The van der Waals surface area contributed by atoms with E-state index in [1.54, 1.807) is 67.6 Å². The number of hydrogen-bond acceptors (Lipinski definition) is 5. The van der Waals surface area contributed by atoms with E-state index in [2.05, 4.69) is 5.32 Å². The highest BCUT2D eigenvalue weighted by molar-refractivity contribution is 7.92. The molecule has 1 fully saturated rings. The molecule has 2 amide bonds. The van der Waals surface area contributed by atoms with Gasteiger partial charge in [-0.1, -0.05) is 66.4 Å². The fourth-order valence-electron chi connectivity index (χ4n) is 4.92. The maximum Gasteiger partial charge on any atom is 0.264 e. The average Bonchev–Trinajstić information content (AvgIpc) is 3.48. The van der Waals surface area contributed by atoms with Crippen molar-refractivity contribution in [2.24, 2.45) is 0 Å². The third-order valence-corrected chi connectivity index (χ3v) is 9.55. The molecule has 0 radical (unpaired) electrons. The summed E-state index contributed by atoms with van der Waals surface area (Å²) in [5.74, 6) is -0.389. The quantitative estimate of drug-likeness (QED) is 0.322. The second kappa shape index (κ2) is 13.4. The predicted octanol–water partition coefficient (Wildman–Crippen LogP) is 5.33. The molecule has 0 saturated heterocycles. The highest BCUT2D eigenvalue weighted by Gasteiger charge is 2.33. The molecular formula is C31H36ClN3O5S. The van der Waals surface area contributed by atoms with Gasteiger partial charge in [-0.25, -0.2) is 8.42 Å². The normalized spacial score (nSPS) is 14.3. The number of ether oxygens (including phenoxy) is 1. The van der Waals surface area contributed by atoms with Crippen molar-refractivity contribution in [1.82, 2.24) is 10.2 Å². The highest BCUT2D eigenvalue weighted by Crippen LogP contribution is 2.28. The Morgan fingerprint density at radius 1 is 1.02 bits per heavy atom. The number of amides is 2. The molecule has 41 heavy (non-hydrogen) atoms. The Balaban J connectivity index is 1.71. The van der Waals surface area contributed by atoms with Gasteiger partial charge in [-0.15, -0.1) is 0 Å². The van der Waals surface area contributed by atoms with Crippen molar-refractivity contribution in [3.05, 3.63) is 88.9 Å². The summed E-state index contributed by atoms with van der Waals surface area (Å²) in [6.45, 7) is 3.02. The molecule has 10 heteroatoms. The Kier molecular flexibility index (Phi) is 9.94. The number of nitrogens with zero attached hydrogens (tertiary/aromatic N) is 2. The third kappa shape index (κ3) is 7.40. The Bertz CT molecular complexity index is 1470. The third-order valence-electron chi connectivity index (χ3n) is 7.40. The van der Waals surface area contributed by atoms with Gasteiger partial charge < -0.3 is 15.0 Å². The first kappa shape index (κ1) is 30.4. The van der Waals surface area contributed by atoms with Gasteiger partial charge in [-0.3, -0.25) is 13.9 Å². The fourth-order valence-corrected chi connectivity index (χ4v) is 6.52. The summed E-state index contributed by atoms with van der Waals surface area (Å²) in [5.41, 5.74) is 1.82. The van der Waals surface area contributed by atoms with E-state index in [1.807, 2.05) is 6.92 Å². The van der Waals surface area contributed by atoms with Gasteiger partial charge in [0.1, 0.15) is 18.3 Å². The minimum atomic E-state index is -4.17. The number of methoxy groups -OCH3 is 1. The lowest BCUT2D eigenvalue weighted by atomic mass is 10.1. The van der Waals surface area contributed by atoms with Crippen LogP contribution in [0, 0.1) is 6.92 Å². The van der Waals surface area contributed by atoms with Crippen LogP contribution in [0.15, 0.2) is 77.7 Å². The van der Waals surface area contributed by atoms with Gasteiger partial charge in [0.2, 0.25) is 11.8 Å². The molecule has 8 nitrogen and oxygen atoms in total. The molecule has 1 atom stereocenters. The molecule has 1 aliphatic rings. The van der Waals surface area contributed by atoms with Gasteiger partial charge in [0.05, 0.1) is 17.7 Å². The second-order valence-corrected chi connectivity index (χ2v) is 12.6. The lowest BCUT2D eigenvalue weighted by molar-refractivity contribution is -0.139. The van der Waals surface area contributed by atoms with Crippen LogP contribution >= 0.6 is 11.6 Å². The molecule has 0 aliphatic heterocycles. The Labute approximate surface area is 247 Å². The van der Waals surface area contributed by atoms with Gasteiger partial charge in [0.25, 0.3) is 10.0 Å². The van der Waals surface area contributed by atoms with Gasteiger partial charge >= 0.3 is 0 Å². The van der Waals surface area contributed by atoms with Crippen molar-refractivity contribution in [3.63, 3.8) is 0 Å². The Morgan fingerprint density at radius 2 is 1.71 bits per heavy atom. The van der Waals surface area contributed by atoms with Crippen LogP contribution in [0.1, 0.15) is 43.7 Å². The van der Waals surface area contributed by atoms with E-state index in [0.29, 0.717) is 16.3 Å². The van der Waals surface area contributed by atoms with Crippen molar-refractivity contribution >= 4 is 39.1 Å². The zero-order chi connectivity index (χ0) is 29.6. The molecule has 0 bridgehead atoms. The molecule has 218 valence electrons. The summed E-state index contributed by atoms with van der Waals surface area (Å²) in [7, 11) is -2.68. The lowest BCUT2D eigenvalue weighted by Gasteiger charge is -2.32. The maximum atomic E-state index is 14.1. The van der Waals surface area contributed by atoms with Crippen LogP contribution in [0.3, 0.4) is 0 Å². The van der Waals surface area contributed by atoms with Gasteiger partial charge in [-0.2, -0.15) is 0 Å². The molecular weight excluding hydrogens is 562 g/mol. The summed E-state index contributed by atoms with van der Waals surface area (Å²) >= 11 is 6.44. The second-order valence-electron chi connectivity index (χ2n) is 10.3. The molecule has 1 saturated carbocycles. The standard InChI is InChI=1S/C31H36ClN3O5S/c1-22-15-17-28(18-16-22)41(38,39)35(26-12-8-13-27(19-26)40-3)21-30(36)34(20-24-9-4-7-14-29(24)32)23(2)31(37)33-25-10-5-6-11-25/h4,7-9,12-19,23,25H,5-6,10-11,20-21H2,1-3H3,(H,33,37)/t23-/m1/s1. The van der Waals surface area contributed by atoms with Crippen LogP contribution in [-0.4, -0.2) is 50.9 Å². The number of sulfonamides is 1. The summed E-state index contributed by atoms with van der Waals surface area (Å²) in [5, 5.41) is 3.51. The van der Waals surface area contributed by atoms with E-state index in [-0.39, 0.29) is 29.1 Å². The number of rotatable bonds is 11. The number of carbonyl (C=O) groups excluding carboxylic acids is 2. The van der Waals surface area contributed by atoms with Crippen LogP contribution in [0.5, 0.6) is 5.75 Å². The van der Waals surface area contributed by atoms with E-state index >= 15 is 0 Å². The van der Waals surface area contributed by atoms with E-state index in [1.165, 1.54) is 24.1 Å². The van der Waals surface area contributed by atoms with Crippen molar-refractivity contribution in [2.75, 3.05) is 18.0 Å². The Morgan fingerprint density at radius 3 is 2.37 bits per heavy atom. The van der Waals surface area contributed by atoms with Crippen molar-refractivity contribution in [1.29, 1.82) is 0 Å². The van der Waals surface area contributed by atoms with Crippen LogP contribution < -0.4 is 14.4 Å². The van der Waals surface area contributed by atoms with Gasteiger partial charge in [0.15, 0.2) is 0 Å². The first-order valence-electron chi connectivity index (χ1n) is 13.7. The van der Waals surface area contributed by atoms with Crippen LogP contribution in [0.2, 0.25) is 5.02 Å². The summed E-state index contributed by atoms with van der Waals surface area (Å²) in [6, 6.07) is 19.3. The van der Waals surface area contributed by atoms with Gasteiger partial charge in [0, 0.05) is 23.7 Å². The lowest BCUT2D eigenvalue weighted by Crippen LogP contribution is -2.52. The zero-order valence-electron chi connectivity index (χ0n) is 23.5. The smallest absolute Gasteiger partial charge is 0.264 e. The van der Waals surface area contributed by atoms with Crippen LogP contribution in [0.4, 0.5) is 5.69 Å². The molecule has 1 aliphatic carbocycles. The van der Waals surface area contributed by atoms with Crippen molar-refractivity contribution in [2.45, 2.75) is 63.1 Å². The first-order valence-corrected chi connectivity index (χ1v) is 15.5. The van der Waals surface area contributed by atoms with Crippen molar-refractivity contribution < 1.29 is 22.7 Å². The number of aryl methyl sites for hydroxylation is 1. The number of anilines is 1. The molecule has 0 heterocycles. The molecule has 0 aromatic heterocycles. The monoisotopic (exact) mass is 597 g/mol. The Hall–Kier alpha value is -3.56. The number of halogens is 1. The van der Waals surface area contributed by atoms with Crippen LogP contribution in [0.25, 0.3) is 0 Å². The summed E-state index contributed by atoms with van der Waals surface area (Å²) in [6.07, 6.45) is 3.90. The number of benzene rings is 3. The zero-order valence-corrected chi connectivity index (χ0v) is 25.1. The van der Waals surface area contributed by atoms with Crippen molar-refractivity contribution in [3.8, 4) is 5.75 Å². The molecule has 1 N–H and O–H groups in total. The number of nitrogens with one attached hydrogen (secondary N) is 1. The molecule has 3 aromatic rings. The topological polar surface area (TPSA) is 96.0 Å². The van der Waals surface area contributed by atoms with Gasteiger partial charge in [-0.05, 0) is 62.6 Å². The SMILES string of the molecule is COc1cccc(N(CC(=O)N(Cc2ccccc2Cl)[C@H](C)C(=O)NC2CCCC2)S(=O)(=O)c2ccc(C)cc2)c1. The maximum absolute atomic E-state index is 14.1. The first-order chi connectivity index (χ1) is 19.6. The largest absolute Gasteiger partial charge is 0.497 e. The summed E-state index contributed by atoms with van der Waals surface area (Å²) < 4.78 is 34.3. The number of carbonyl (C=O) groups is 2. The molecule has 3 aromatic carbocycles. The molecule has 0 unspecified atom stereocenters. The summed E-state index contributed by atoms with van der Waals surface area (Å²) in [4.78, 5) is 28.8. The minimum absolute atomic E-state index is 0.0360. The van der Waals surface area contributed by atoms with E-state index < -0.39 is 28.5 Å². The average molecular weight is 598 g/mol.